The number of hydrogen-bond acceptors (Lipinski definition) is 3. The highest BCUT2D eigenvalue weighted by atomic mass is 16.4. The summed E-state index contributed by atoms with van der Waals surface area (Å²) in [4.78, 5) is 13.5. The van der Waals surface area contributed by atoms with Crippen LogP contribution in [0.5, 0.6) is 0 Å². The van der Waals surface area contributed by atoms with Crippen molar-refractivity contribution in [2.24, 2.45) is 5.92 Å². The molecule has 0 aromatic rings. The van der Waals surface area contributed by atoms with Crippen molar-refractivity contribution in [1.29, 1.82) is 0 Å². The predicted molar refractivity (Wildman–Crippen MR) is 62.4 cm³/mol. The molecule has 92 valence electrons. The summed E-state index contributed by atoms with van der Waals surface area (Å²) in [6, 6.07) is 0.269. The maximum Gasteiger partial charge on any atom is 0.322 e. The SMILES string of the molecule is CCNC(CN(CC1CC1)C1CC1)C(=O)O. The Bertz CT molecular complexity index is 249. The predicted octanol–water partition coefficient (Wildman–Crippen LogP) is 0.923. The van der Waals surface area contributed by atoms with E-state index in [-0.39, 0.29) is 0 Å². The van der Waals surface area contributed by atoms with Gasteiger partial charge in [0.05, 0.1) is 0 Å². The average molecular weight is 226 g/mol. The molecule has 2 saturated carbocycles. The van der Waals surface area contributed by atoms with Crippen LogP contribution < -0.4 is 5.32 Å². The van der Waals surface area contributed by atoms with Gasteiger partial charge in [-0.05, 0) is 38.1 Å². The molecule has 2 aliphatic rings. The summed E-state index contributed by atoms with van der Waals surface area (Å²) in [7, 11) is 0. The molecule has 0 heterocycles. The molecule has 4 nitrogen and oxygen atoms in total. The maximum absolute atomic E-state index is 11.1. The molecule has 0 radical (unpaired) electrons. The summed E-state index contributed by atoms with van der Waals surface area (Å²) >= 11 is 0. The van der Waals surface area contributed by atoms with Crippen LogP contribution in [-0.2, 0) is 4.79 Å². The van der Waals surface area contributed by atoms with Gasteiger partial charge in [0.1, 0.15) is 6.04 Å². The molecule has 2 fully saturated rings. The van der Waals surface area contributed by atoms with Gasteiger partial charge in [-0.3, -0.25) is 9.69 Å². The van der Waals surface area contributed by atoms with E-state index >= 15 is 0 Å². The molecule has 0 spiro atoms. The Hall–Kier alpha value is -0.610. The maximum atomic E-state index is 11.1. The third-order valence-electron chi connectivity index (χ3n) is 3.42. The number of rotatable bonds is 8. The van der Waals surface area contributed by atoms with E-state index in [0.29, 0.717) is 12.6 Å². The molecule has 0 saturated heterocycles. The van der Waals surface area contributed by atoms with E-state index < -0.39 is 12.0 Å². The quantitative estimate of drug-likeness (QED) is 0.646. The number of likely N-dealkylation sites (N-methyl/N-ethyl adjacent to an activating group) is 1. The highest BCUT2D eigenvalue weighted by Crippen LogP contribution is 2.34. The van der Waals surface area contributed by atoms with E-state index in [1.807, 2.05) is 6.92 Å². The van der Waals surface area contributed by atoms with Crippen LogP contribution in [0.25, 0.3) is 0 Å². The van der Waals surface area contributed by atoms with Crippen LogP contribution in [0.4, 0.5) is 0 Å². The molecule has 0 bridgehead atoms. The van der Waals surface area contributed by atoms with E-state index in [1.54, 1.807) is 0 Å². The normalized spacial score (nSPS) is 22.4. The first-order valence-corrected chi connectivity index (χ1v) is 6.41. The van der Waals surface area contributed by atoms with Gasteiger partial charge < -0.3 is 10.4 Å². The monoisotopic (exact) mass is 226 g/mol. The van der Waals surface area contributed by atoms with Crippen molar-refractivity contribution >= 4 is 5.97 Å². The number of nitrogens with zero attached hydrogens (tertiary/aromatic N) is 1. The van der Waals surface area contributed by atoms with Crippen LogP contribution in [0.15, 0.2) is 0 Å². The van der Waals surface area contributed by atoms with Gasteiger partial charge in [-0.15, -0.1) is 0 Å². The summed E-state index contributed by atoms with van der Waals surface area (Å²) in [5, 5.41) is 12.2. The van der Waals surface area contributed by atoms with Gasteiger partial charge in [0.2, 0.25) is 0 Å². The van der Waals surface area contributed by atoms with Crippen molar-refractivity contribution in [3.8, 4) is 0 Å². The molecule has 16 heavy (non-hydrogen) atoms. The number of aliphatic carboxylic acids is 1. The first-order valence-electron chi connectivity index (χ1n) is 6.41. The summed E-state index contributed by atoms with van der Waals surface area (Å²) in [5.41, 5.74) is 0. The summed E-state index contributed by atoms with van der Waals surface area (Å²) in [6.07, 6.45) is 5.18. The fraction of sp³-hybridized carbons (Fsp3) is 0.917. The highest BCUT2D eigenvalue weighted by Gasteiger charge is 2.35. The zero-order valence-electron chi connectivity index (χ0n) is 9.98. The van der Waals surface area contributed by atoms with Crippen molar-refractivity contribution in [2.45, 2.75) is 44.7 Å². The molecular weight excluding hydrogens is 204 g/mol. The van der Waals surface area contributed by atoms with Gasteiger partial charge in [-0.25, -0.2) is 0 Å². The average Bonchev–Trinajstić information content (AvgIpc) is 3.08. The third-order valence-corrected chi connectivity index (χ3v) is 3.42. The molecular formula is C12H22N2O2. The van der Waals surface area contributed by atoms with Crippen LogP contribution in [0.2, 0.25) is 0 Å². The van der Waals surface area contributed by atoms with Gasteiger partial charge in [-0.1, -0.05) is 6.92 Å². The van der Waals surface area contributed by atoms with E-state index in [2.05, 4.69) is 10.2 Å². The fourth-order valence-corrected chi connectivity index (χ4v) is 2.16. The third kappa shape index (κ3) is 3.46. The fourth-order valence-electron chi connectivity index (χ4n) is 2.16. The van der Waals surface area contributed by atoms with Gasteiger partial charge in [0, 0.05) is 19.1 Å². The molecule has 0 aliphatic heterocycles. The van der Waals surface area contributed by atoms with Crippen molar-refractivity contribution < 1.29 is 9.90 Å². The highest BCUT2D eigenvalue weighted by molar-refractivity contribution is 5.73. The van der Waals surface area contributed by atoms with Crippen LogP contribution in [0.1, 0.15) is 32.6 Å². The standard InChI is InChI=1S/C12H22N2O2/c1-2-13-11(12(15)16)8-14(10-5-6-10)7-9-3-4-9/h9-11,13H,2-8H2,1H3,(H,15,16). The van der Waals surface area contributed by atoms with Crippen LogP contribution in [-0.4, -0.2) is 47.7 Å². The minimum absolute atomic E-state index is 0.399. The van der Waals surface area contributed by atoms with E-state index in [1.165, 1.54) is 25.7 Å². The van der Waals surface area contributed by atoms with Crippen molar-refractivity contribution in [3.05, 3.63) is 0 Å². The summed E-state index contributed by atoms with van der Waals surface area (Å²) in [6.45, 7) is 4.46. The lowest BCUT2D eigenvalue weighted by Gasteiger charge is -2.25. The number of carboxylic acids is 1. The molecule has 1 unspecified atom stereocenters. The van der Waals surface area contributed by atoms with E-state index in [4.69, 9.17) is 5.11 Å². The largest absolute Gasteiger partial charge is 0.480 e. The zero-order chi connectivity index (χ0) is 11.5. The van der Waals surface area contributed by atoms with E-state index in [9.17, 15) is 4.79 Å². The molecule has 2 rings (SSSR count). The molecule has 4 heteroatoms. The van der Waals surface area contributed by atoms with Crippen LogP contribution in [0, 0.1) is 5.92 Å². The van der Waals surface area contributed by atoms with Gasteiger partial charge in [-0.2, -0.15) is 0 Å². The van der Waals surface area contributed by atoms with Crippen LogP contribution >= 0.6 is 0 Å². The Balaban J connectivity index is 1.83. The second-order valence-corrected chi connectivity index (χ2v) is 5.08. The Morgan fingerprint density at radius 1 is 1.44 bits per heavy atom. The van der Waals surface area contributed by atoms with Gasteiger partial charge in [0.25, 0.3) is 0 Å². The Morgan fingerprint density at radius 2 is 2.12 bits per heavy atom. The molecule has 2 N–H and O–H groups in total. The number of carbonyl (C=O) groups is 1. The number of carboxylic acid groups (broad SMARTS) is 1. The molecule has 0 aromatic carbocycles. The van der Waals surface area contributed by atoms with Crippen LogP contribution in [0.3, 0.4) is 0 Å². The molecule has 2 aliphatic carbocycles. The molecule has 0 aromatic heterocycles. The summed E-state index contributed by atoms with van der Waals surface area (Å²) < 4.78 is 0. The smallest absolute Gasteiger partial charge is 0.322 e. The Kier molecular flexibility index (Phi) is 3.82. The number of hydrogen-bond donors (Lipinski definition) is 2. The van der Waals surface area contributed by atoms with Crippen molar-refractivity contribution in [1.82, 2.24) is 10.2 Å². The first-order chi connectivity index (χ1) is 7.70. The Morgan fingerprint density at radius 3 is 2.56 bits per heavy atom. The summed E-state index contributed by atoms with van der Waals surface area (Å²) in [5.74, 6) is 0.125. The number of nitrogens with one attached hydrogen (secondary N) is 1. The lowest BCUT2D eigenvalue weighted by Crippen LogP contribution is -2.47. The molecule has 1 atom stereocenters. The topological polar surface area (TPSA) is 52.6 Å². The Labute approximate surface area is 97.0 Å². The van der Waals surface area contributed by atoms with E-state index in [0.717, 1.165) is 19.0 Å². The van der Waals surface area contributed by atoms with Gasteiger partial charge in [0.15, 0.2) is 0 Å². The molecule has 0 amide bonds. The van der Waals surface area contributed by atoms with Crippen molar-refractivity contribution in [2.75, 3.05) is 19.6 Å². The minimum Gasteiger partial charge on any atom is -0.480 e. The minimum atomic E-state index is -0.719. The zero-order valence-corrected chi connectivity index (χ0v) is 9.98. The van der Waals surface area contributed by atoms with Gasteiger partial charge >= 0.3 is 5.97 Å². The lowest BCUT2D eigenvalue weighted by atomic mass is 10.2. The lowest BCUT2D eigenvalue weighted by molar-refractivity contribution is -0.140. The van der Waals surface area contributed by atoms with Crippen molar-refractivity contribution in [3.63, 3.8) is 0 Å². The second kappa shape index (κ2) is 5.15. The first kappa shape index (κ1) is 11.9. The second-order valence-electron chi connectivity index (χ2n) is 5.08.